The van der Waals surface area contributed by atoms with E-state index in [0.717, 1.165) is 6.42 Å². The summed E-state index contributed by atoms with van der Waals surface area (Å²) in [5, 5.41) is 0. The molecule has 0 heterocycles. The van der Waals surface area contributed by atoms with Crippen molar-refractivity contribution in [1.82, 2.24) is 5.43 Å². The lowest BCUT2D eigenvalue weighted by atomic mass is 9.86. The number of nitrogens with one attached hydrogen (secondary N) is 1. The molecule has 1 aliphatic rings. The average Bonchev–Trinajstić information content (AvgIpc) is 2.21. The average molecular weight is 219 g/mol. The van der Waals surface area contributed by atoms with Gasteiger partial charge in [-0.1, -0.05) is 6.92 Å². The van der Waals surface area contributed by atoms with Crippen molar-refractivity contribution >= 4 is 5.84 Å². The number of hydrogen-bond donors (Lipinski definition) is 2. The quantitative estimate of drug-likeness (QED) is 0.330. The third-order valence-corrected chi connectivity index (χ3v) is 2.76. The normalized spacial score (nSPS) is 22.8. The number of aliphatic imine (C=N–C) groups is 1. The van der Waals surface area contributed by atoms with Crippen LogP contribution in [0.25, 0.3) is 0 Å². The molecule has 0 unspecified atom stereocenters. The van der Waals surface area contributed by atoms with Gasteiger partial charge in [-0.25, -0.2) is 14.6 Å². The highest BCUT2D eigenvalue weighted by Gasteiger charge is 2.36. The minimum Gasteiger partial charge on any atom is -0.312 e. The Labute approximate surface area is 89.1 Å². The molecule has 0 radical (unpaired) electrons. The number of nitrogens with zero attached hydrogens (tertiary/aromatic N) is 1. The SMILES string of the molecule is CCCN=C(NN)C1CCC(F)(F)CC1. The summed E-state index contributed by atoms with van der Waals surface area (Å²) in [6.07, 6.45) is 1.78. The predicted molar refractivity (Wildman–Crippen MR) is 56.8 cm³/mol. The summed E-state index contributed by atoms with van der Waals surface area (Å²) < 4.78 is 25.8. The molecule has 0 saturated heterocycles. The number of rotatable bonds is 3. The molecular formula is C10H19F2N3. The molecule has 0 amide bonds. The van der Waals surface area contributed by atoms with E-state index in [9.17, 15) is 8.78 Å². The van der Waals surface area contributed by atoms with Crippen LogP contribution in [0, 0.1) is 5.92 Å². The number of hydrogen-bond acceptors (Lipinski definition) is 2. The highest BCUT2D eigenvalue weighted by Crippen LogP contribution is 2.36. The van der Waals surface area contributed by atoms with Crippen molar-refractivity contribution in [2.24, 2.45) is 16.8 Å². The molecule has 0 bridgehead atoms. The fourth-order valence-electron chi connectivity index (χ4n) is 1.84. The zero-order valence-corrected chi connectivity index (χ0v) is 9.10. The van der Waals surface area contributed by atoms with Crippen molar-refractivity contribution in [3.05, 3.63) is 0 Å². The molecule has 88 valence electrons. The van der Waals surface area contributed by atoms with Gasteiger partial charge in [-0.15, -0.1) is 0 Å². The monoisotopic (exact) mass is 219 g/mol. The molecule has 3 N–H and O–H groups in total. The maximum absolute atomic E-state index is 12.9. The number of alkyl halides is 2. The van der Waals surface area contributed by atoms with E-state index >= 15 is 0 Å². The summed E-state index contributed by atoms with van der Waals surface area (Å²) in [5.74, 6) is 3.63. The van der Waals surface area contributed by atoms with Crippen LogP contribution in [0.1, 0.15) is 39.0 Å². The van der Waals surface area contributed by atoms with Gasteiger partial charge in [0, 0.05) is 25.3 Å². The second kappa shape index (κ2) is 5.39. The maximum Gasteiger partial charge on any atom is 0.248 e. The second-order valence-electron chi connectivity index (χ2n) is 4.04. The van der Waals surface area contributed by atoms with Crippen LogP contribution in [0.15, 0.2) is 4.99 Å². The van der Waals surface area contributed by atoms with E-state index in [1.807, 2.05) is 6.92 Å². The molecule has 15 heavy (non-hydrogen) atoms. The van der Waals surface area contributed by atoms with Crippen molar-refractivity contribution in [3.8, 4) is 0 Å². The standard InChI is InChI=1S/C10H19F2N3/c1-2-7-14-9(15-13)8-3-5-10(11,12)6-4-8/h8H,2-7,13H2,1H3,(H,14,15). The van der Waals surface area contributed by atoms with Crippen LogP contribution in [0.2, 0.25) is 0 Å². The lowest BCUT2D eigenvalue weighted by Gasteiger charge is -2.28. The molecule has 0 aromatic heterocycles. The van der Waals surface area contributed by atoms with Crippen LogP contribution < -0.4 is 11.3 Å². The van der Waals surface area contributed by atoms with E-state index in [4.69, 9.17) is 5.84 Å². The van der Waals surface area contributed by atoms with Gasteiger partial charge in [-0.05, 0) is 19.3 Å². The summed E-state index contributed by atoms with van der Waals surface area (Å²) in [7, 11) is 0. The zero-order valence-electron chi connectivity index (χ0n) is 9.10. The van der Waals surface area contributed by atoms with Gasteiger partial charge < -0.3 is 5.43 Å². The Bertz CT molecular complexity index is 219. The molecule has 0 spiro atoms. The first-order chi connectivity index (χ1) is 7.09. The lowest BCUT2D eigenvalue weighted by Crippen LogP contribution is -2.39. The van der Waals surface area contributed by atoms with Crippen LogP contribution in [0.3, 0.4) is 0 Å². The van der Waals surface area contributed by atoms with Crippen molar-refractivity contribution in [2.45, 2.75) is 45.0 Å². The lowest BCUT2D eigenvalue weighted by molar-refractivity contribution is -0.0396. The summed E-state index contributed by atoms with van der Waals surface area (Å²) in [5.41, 5.74) is 2.54. The first kappa shape index (κ1) is 12.4. The smallest absolute Gasteiger partial charge is 0.248 e. The van der Waals surface area contributed by atoms with Gasteiger partial charge in [0.05, 0.1) is 0 Å². The summed E-state index contributed by atoms with van der Waals surface area (Å²) in [4.78, 5) is 4.27. The predicted octanol–water partition coefficient (Wildman–Crippen LogP) is 2.08. The number of hydrazine groups is 1. The summed E-state index contributed by atoms with van der Waals surface area (Å²) in [6, 6.07) is 0. The van der Waals surface area contributed by atoms with Crippen LogP contribution in [-0.2, 0) is 0 Å². The Morgan fingerprint density at radius 2 is 2.07 bits per heavy atom. The molecule has 1 rings (SSSR count). The largest absolute Gasteiger partial charge is 0.312 e. The van der Waals surface area contributed by atoms with Crippen molar-refractivity contribution in [1.29, 1.82) is 0 Å². The second-order valence-corrected chi connectivity index (χ2v) is 4.04. The summed E-state index contributed by atoms with van der Waals surface area (Å²) >= 11 is 0. The molecule has 5 heteroatoms. The molecule has 0 atom stereocenters. The molecule has 1 fully saturated rings. The molecule has 0 aliphatic heterocycles. The van der Waals surface area contributed by atoms with E-state index in [1.54, 1.807) is 0 Å². The number of halogens is 2. The Morgan fingerprint density at radius 1 is 1.47 bits per heavy atom. The van der Waals surface area contributed by atoms with Crippen molar-refractivity contribution < 1.29 is 8.78 Å². The van der Waals surface area contributed by atoms with Gasteiger partial charge in [-0.2, -0.15) is 0 Å². The van der Waals surface area contributed by atoms with Gasteiger partial charge in [0.2, 0.25) is 5.92 Å². The first-order valence-electron chi connectivity index (χ1n) is 5.48. The Morgan fingerprint density at radius 3 is 2.53 bits per heavy atom. The Hall–Kier alpha value is -0.710. The van der Waals surface area contributed by atoms with Crippen LogP contribution in [-0.4, -0.2) is 18.3 Å². The van der Waals surface area contributed by atoms with E-state index in [-0.39, 0.29) is 18.8 Å². The Balaban J connectivity index is 2.50. The topological polar surface area (TPSA) is 50.4 Å². The highest BCUT2D eigenvalue weighted by molar-refractivity contribution is 5.84. The van der Waals surface area contributed by atoms with E-state index in [0.29, 0.717) is 25.2 Å². The fraction of sp³-hybridized carbons (Fsp3) is 0.900. The van der Waals surface area contributed by atoms with Gasteiger partial charge in [0.15, 0.2) is 0 Å². The van der Waals surface area contributed by atoms with Crippen LogP contribution in [0.5, 0.6) is 0 Å². The molecule has 0 aromatic rings. The molecule has 1 saturated carbocycles. The third kappa shape index (κ3) is 3.74. The minimum absolute atomic E-state index is 0.0511. The Kier molecular flexibility index (Phi) is 4.45. The van der Waals surface area contributed by atoms with Crippen molar-refractivity contribution in [3.63, 3.8) is 0 Å². The van der Waals surface area contributed by atoms with E-state index < -0.39 is 5.92 Å². The van der Waals surface area contributed by atoms with Crippen LogP contribution in [0.4, 0.5) is 8.78 Å². The number of nitrogens with two attached hydrogens (primary N) is 1. The van der Waals surface area contributed by atoms with Gasteiger partial charge >= 0.3 is 0 Å². The third-order valence-electron chi connectivity index (χ3n) is 2.76. The highest BCUT2D eigenvalue weighted by atomic mass is 19.3. The van der Waals surface area contributed by atoms with Crippen molar-refractivity contribution in [2.75, 3.05) is 6.54 Å². The van der Waals surface area contributed by atoms with E-state index in [2.05, 4.69) is 10.4 Å². The molecule has 3 nitrogen and oxygen atoms in total. The summed E-state index contributed by atoms with van der Waals surface area (Å²) in [6.45, 7) is 2.72. The van der Waals surface area contributed by atoms with Crippen LogP contribution >= 0.6 is 0 Å². The zero-order chi connectivity index (χ0) is 11.3. The van der Waals surface area contributed by atoms with Gasteiger partial charge in [-0.3, -0.25) is 4.99 Å². The molecule has 1 aliphatic carbocycles. The first-order valence-corrected chi connectivity index (χ1v) is 5.48. The number of amidine groups is 1. The van der Waals surface area contributed by atoms with Gasteiger partial charge in [0.1, 0.15) is 5.84 Å². The molecular weight excluding hydrogens is 200 g/mol. The van der Waals surface area contributed by atoms with E-state index in [1.165, 1.54) is 0 Å². The maximum atomic E-state index is 12.9. The molecule has 0 aromatic carbocycles. The minimum atomic E-state index is -2.49. The van der Waals surface area contributed by atoms with Gasteiger partial charge in [0.25, 0.3) is 0 Å². The fourth-order valence-corrected chi connectivity index (χ4v) is 1.84.